The lowest BCUT2D eigenvalue weighted by atomic mass is 9.99. The first kappa shape index (κ1) is 61.9. The number of nitrogens with zero attached hydrogens (tertiary/aromatic N) is 9. The number of pyridine rings is 6. The summed E-state index contributed by atoms with van der Waals surface area (Å²) in [5.41, 5.74) is 13.7. The van der Waals surface area contributed by atoms with Gasteiger partial charge in [0.05, 0.1) is 27.8 Å². The summed E-state index contributed by atoms with van der Waals surface area (Å²) in [5.74, 6) is -1.42. The second-order valence-corrected chi connectivity index (χ2v) is 21.3. The molecule has 0 saturated carbocycles. The zero-order valence-corrected chi connectivity index (χ0v) is 47.1. The summed E-state index contributed by atoms with van der Waals surface area (Å²) in [6.07, 6.45) is -4.29. The number of hydrogen-bond donors (Lipinski definition) is 6. The molecule has 6 aromatic rings. The SMILES string of the molecule is C=C(F)c1ccc(N2CCN[C@@H](C)C2)nc1C(=O)c1cccnc1N.CC(C)C[C@H]1CN(c2ccc(C(F)(F)F)c(C(=O)c3cc(Br)cnc3N)n2)C[C@H](C)N1.C[C@@H]1CNCCN1c1ccc(C(F)(F)F)c(C(=O)c2cccnc2N)n1.[HH].[HH].[HH]. The van der Waals surface area contributed by atoms with E-state index in [1.807, 2.05) is 23.6 Å². The maximum absolute atomic E-state index is 13.8. The summed E-state index contributed by atoms with van der Waals surface area (Å²) in [4.78, 5) is 68.8. The van der Waals surface area contributed by atoms with Gasteiger partial charge in [-0.05, 0) is 116 Å². The van der Waals surface area contributed by atoms with Crippen molar-refractivity contribution < 1.29 is 49.4 Å². The van der Waals surface area contributed by atoms with E-state index in [9.17, 15) is 45.1 Å². The smallest absolute Gasteiger partial charge is 0.383 e. The first-order valence-corrected chi connectivity index (χ1v) is 27.0. The van der Waals surface area contributed by atoms with Crippen LogP contribution < -0.4 is 47.9 Å². The highest BCUT2D eigenvalue weighted by Crippen LogP contribution is 2.37. The number of nitrogens with two attached hydrogens (primary N) is 3. The van der Waals surface area contributed by atoms with Gasteiger partial charge >= 0.3 is 12.4 Å². The summed E-state index contributed by atoms with van der Waals surface area (Å²) < 4.78 is 95.5. The Morgan fingerprint density at radius 1 is 0.683 bits per heavy atom. The zero-order valence-electron chi connectivity index (χ0n) is 45.5. The van der Waals surface area contributed by atoms with Gasteiger partial charge in [0.1, 0.15) is 57.8 Å². The minimum Gasteiger partial charge on any atom is -0.383 e. The lowest BCUT2D eigenvalue weighted by Gasteiger charge is -2.39. The van der Waals surface area contributed by atoms with Gasteiger partial charge in [0.2, 0.25) is 17.3 Å². The van der Waals surface area contributed by atoms with E-state index in [-0.39, 0.29) is 67.8 Å². The average molecular weight is 1210 g/mol. The molecule has 0 radical (unpaired) electrons. The predicted molar refractivity (Wildman–Crippen MR) is 311 cm³/mol. The molecular weight excluding hydrogens is 1140 g/mol. The maximum atomic E-state index is 13.8. The summed E-state index contributed by atoms with van der Waals surface area (Å²) >= 11 is 3.18. The Hall–Kier alpha value is -7.68. The van der Waals surface area contributed by atoms with Crippen molar-refractivity contribution in [2.24, 2.45) is 5.92 Å². The number of anilines is 6. The Morgan fingerprint density at radius 2 is 1.21 bits per heavy atom. The number of ketones is 3. The van der Waals surface area contributed by atoms with Gasteiger partial charge in [-0.2, -0.15) is 26.3 Å². The van der Waals surface area contributed by atoms with Crippen LogP contribution in [0.4, 0.5) is 65.6 Å². The first-order valence-electron chi connectivity index (χ1n) is 26.2. The van der Waals surface area contributed by atoms with Crippen LogP contribution in [-0.4, -0.2) is 124 Å². The third-order valence-electron chi connectivity index (χ3n) is 13.5. The zero-order chi connectivity index (χ0) is 59.8. The summed E-state index contributed by atoms with van der Waals surface area (Å²) in [5, 5.41) is 10.1. The highest BCUT2D eigenvalue weighted by Gasteiger charge is 2.40. The van der Waals surface area contributed by atoms with E-state index in [1.54, 1.807) is 18.2 Å². The average Bonchev–Trinajstić information content (AvgIpc) is 1.91. The van der Waals surface area contributed by atoms with Gasteiger partial charge in [0.15, 0.2) is 0 Å². The number of nitrogen functional groups attached to an aromatic ring is 3. The van der Waals surface area contributed by atoms with Crippen molar-refractivity contribution in [1.82, 2.24) is 45.9 Å². The van der Waals surface area contributed by atoms with Crippen molar-refractivity contribution >= 4 is 74.0 Å². The molecular formula is C56H69BrF7N15O3. The molecule has 0 amide bonds. The molecule has 0 aliphatic carbocycles. The second-order valence-electron chi connectivity index (χ2n) is 20.4. The molecule has 0 unspecified atom stereocenters. The molecule has 4 atom stereocenters. The Kier molecular flexibility index (Phi) is 20.0. The fourth-order valence-electron chi connectivity index (χ4n) is 9.69. The number of rotatable bonds is 12. The fraction of sp³-hybridized carbons (Fsp3) is 0.375. The van der Waals surface area contributed by atoms with Crippen LogP contribution in [0.15, 0.2) is 96.4 Å². The lowest BCUT2D eigenvalue weighted by Crippen LogP contribution is -2.56. The van der Waals surface area contributed by atoms with E-state index in [0.717, 1.165) is 38.2 Å². The molecule has 0 aromatic carbocycles. The van der Waals surface area contributed by atoms with Gasteiger partial charge in [-0.15, -0.1) is 0 Å². The van der Waals surface area contributed by atoms with Crippen molar-refractivity contribution in [2.45, 2.75) is 77.6 Å². The van der Waals surface area contributed by atoms with Gasteiger partial charge < -0.3 is 47.9 Å². The first-order chi connectivity index (χ1) is 38.7. The van der Waals surface area contributed by atoms with Crippen LogP contribution in [0.3, 0.4) is 0 Å². The lowest BCUT2D eigenvalue weighted by molar-refractivity contribution is -0.138. The summed E-state index contributed by atoms with van der Waals surface area (Å²) in [6.45, 7) is 19.0. The van der Waals surface area contributed by atoms with Crippen LogP contribution in [0.2, 0.25) is 0 Å². The largest absolute Gasteiger partial charge is 0.418 e. The summed E-state index contributed by atoms with van der Waals surface area (Å²) in [7, 11) is 0. The number of carbonyl (C=O) groups excluding carboxylic acids is 3. The molecule has 26 heteroatoms. The van der Waals surface area contributed by atoms with Crippen molar-refractivity contribution in [3.05, 3.63) is 147 Å². The number of nitrogens with one attached hydrogen (secondary N) is 3. The van der Waals surface area contributed by atoms with Crippen molar-refractivity contribution in [2.75, 3.05) is 84.3 Å². The van der Waals surface area contributed by atoms with Crippen molar-refractivity contribution in [1.29, 1.82) is 0 Å². The minimum atomic E-state index is -4.73. The van der Waals surface area contributed by atoms with Gasteiger partial charge in [0, 0.05) is 109 Å². The third kappa shape index (κ3) is 15.2. The number of halogens is 8. The highest BCUT2D eigenvalue weighted by molar-refractivity contribution is 9.10. The molecule has 3 aliphatic rings. The van der Waals surface area contributed by atoms with Crippen molar-refractivity contribution in [3.63, 3.8) is 0 Å². The number of hydrogen-bond acceptors (Lipinski definition) is 18. The topological polar surface area (TPSA) is 252 Å². The van der Waals surface area contributed by atoms with E-state index in [2.05, 4.69) is 94.0 Å². The van der Waals surface area contributed by atoms with E-state index >= 15 is 0 Å². The monoisotopic (exact) mass is 1210 g/mol. The van der Waals surface area contributed by atoms with Gasteiger partial charge in [-0.1, -0.05) is 20.4 Å². The fourth-order valence-corrected chi connectivity index (χ4v) is 10.0. The predicted octanol–water partition coefficient (Wildman–Crippen LogP) is 9.16. The van der Waals surface area contributed by atoms with Crippen LogP contribution >= 0.6 is 15.9 Å². The van der Waals surface area contributed by atoms with E-state index < -0.39 is 58.0 Å². The molecule has 18 nitrogen and oxygen atoms in total. The van der Waals surface area contributed by atoms with Gasteiger partial charge in [-0.25, -0.2) is 34.3 Å². The number of alkyl halides is 6. The van der Waals surface area contributed by atoms with Crippen LogP contribution in [0.25, 0.3) is 5.83 Å². The van der Waals surface area contributed by atoms with E-state index in [0.29, 0.717) is 66.6 Å². The molecule has 3 saturated heterocycles. The molecule has 9 N–H and O–H groups in total. The molecule has 3 aliphatic heterocycles. The standard InChI is InChI=1S/C21H25BrF3N5O.C18H20FN5O.C17H18F3N5O.3H2/c1-11(2)6-14-10-30(9-12(3)28-14)17-5-4-16(21(23,24)25)18(29-17)19(31)15-7-13(22)8-27-20(15)26;1-11-10-24(9-8-21-11)15-6-5-13(12(2)19)16(23-15)17(25)14-4-3-7-22-18(14)20;1-10-9-22-7-8-25(10)13-5-4-12(17(18,19)20)14(24-13)15(26)11-3-2-6-23-16(11)21;;;/h4-5,7-8,11-12,14,28H,6,9-10H2,1-3H3,(H2,26,27);3-7,11,21H,2,8-10H2,1H3,(H2,20,22);2-6,10,22H,7-9H2,1H3,(H2,21,23);3*1H/t12-,14-;11-;10-;;;/m001.../s1. The number of piperazine rings is 3. The van der Waals surface area contributed by atoms with Gasteiger partial charge in [0.25, 0.3) is 0 Å². The van der Waals surface area contributed by atoms with Crippen LogP contribution in [0.1, 0.15) is 110 Å². The number of carbonyl (C=O) groups is 3. The molecule has 9 heterocycles. The van der Waals surface area contributed by atoms with Crippen LogP contribution in [0, 0.1) is 5.92 Å². The maximum Gasteiger partial charge on any atom is 0.418 e. The second kappa shape index (κ2) is 26.5. The Bertz CT molecular complexity index is 3310. The Labute approximate surface area is 482 Å². The van der Waals surface area contributed by atoms with E-state index in [4.69, 9.17) is 17.2 Å². The molecule has 82 heavy (non-hydrogen) atoms. The molecule has 9 rings (SSSR count). The third-order valence-corrected chi connectivity index (χ3v) is 13.9. The normalized spacial score (nSPS) is 18.4. The van der Waals surface area contributed by atoms with Crippen LogP contribution in [-0.2, 0) is 12.4 Å². The number of aromatic nitrogens is 6. The minimum absolute atomic E-state index is 0. The molecule has 442 valence electrons. The Morgan fingerprint density at radius 3 is 1.77 bits per heavy atom. The summed E-state index contributed by atoms with van der Waals surface area (Å²) in [6, 6.07) is 15.6. The quantitative estimate of drug-likeness (QED) is 0.0493. The van der Waals surface area contributed by atoms with E-state index in [1.165, 1.54) is 55.0 Å². The highest BCUT2D eigenvalue weighted by atomic mass is 79.9. The molecule has 0 spiro atoms. The molecule has 0 bridgehead atoms. The Balaban J connectivity index is 0.000000270. The molecule has 3 fully saturated rings. The van der Waals surface area contributed by atoms with Crippen molar-refractivity contribution in [3.8, 4) is 0 Å². The van der Waals surface area contributed by atoms with Gasteiger partial charge in [-0.3, -0.25) is 14.4 Å². The van der Waals surface area contributed by atoms with Crippen LogP contribution in [0.5, 0.6) is 0 Å². The molecule has 6 aromatic heterocycles.